The second-order valence-corrected chi connectivity index (χ2v) is 5.44. The highest BCUT2D eigenvalue weighted by Gasteiger charge is 2.45. The van der Waals surface area contributed by atoms with E-state index in [9.17, 15) is 9.59 Å². The maximum atomic E-state index is 11.6. The molecule has 0 spiro atoms. The van der Waals surface area contributed by atoms with Crippen LogP contribution in [0.3, 0.4) is 0 Å². The van der Waals surface area contributed by atoms with E-state index in [2.05, 4.69) is 24.5 Å². The summed E-state index contributed by atoms with van der Waals surface area (Å²) >= 11 is 0. The van der Waals surface area contributed by atoms with Gasteiger partial charge in [0.25, 0.3) is 0 Å². The molecule has 0 aliphatic heterocycles. The van der Waals surface area contributed by atoms with Gasteiger partial charge in [-0.1, -0.05) is 13.8 Å². The van der Waals surface area contributed by atoms with Gasteiger partial charge < -0.3 is 20.5 Å². The Labute approximate surface area is 113 Å². The molecule has 110 valence electrons. The zero-order valence-corrected chi connectivity index (χ0v) is 11.7. The van der Waals surface area contributed by atoms with Crippen LogP contribution >= 0.6 is 0 Å². The molecule has 1 rings (SSSR count). The number of carboxylic acid groups (broad SMARTS) is 1. The number of urea groups is 1. The van der Waals surface area contributed by atoms with E-state index in [-0.39, 0.29) is 0 Å². The first-order valence-electron chi connectivity index (χ1n) is 6.83. The maximum Gasteiger partial charge on any atom is 0.329 e. The minimum atomic E-state index is -1.04. The molecular formula is C13H24N2O4. The summed E-state index contributed by atoms with van der Waals surface area (Å²) in [6, 6.07) is -0.411. The monoisotopic (exact) mass is 272 g/mol. The Kier molecular flexibility index (Phi) is 6.08. The summed E-state index contributed by atoms with van der Waals surface area (Å²) in [6.07, 6.45) is 2.58. The van der Waals surface area contributed by atoms with Gasteiger partial charge in [0, 0.05) is 19.8 Å². The summed E-state index contributed by atoms with van der Waals surface area (Å²) in [4.78, 5) is 22.6. The first kappa shape index (κ1) is 15.8. The van der Waals surface area contributed by atoms with Gasteiger partial charge in [-0.2, -0.15) is 0 Å². The predicted octanol–water partition coefficient (Wildman–Crippen LogP) is 1.36. The quantitative estimate of drug-likeness (QED) is 0.582. The Hall–Kier alpha value is -1.30. The predicted molar refractivity (Wildman–Crippen MR) is 71.0 cm³/mol. The highest BCUT2D eigenvalue weighted by atomic mass is 16.5. The lowest BCUT2D eigenvalue weighted by Crippen LogP contribution is -2.61. The second kappa shape index (κ2) is 7.33. The molecule has 6 nitrogen and oxygen atoms in total. The molecule has 0 saturated heterocycles. The highest BCUT2D eigenvalue weighted by molar-refractivity contribution is 5.87. The van der Waals surface area contributed by atoms with Gasteiger partial charge in [-0.25, -0.2) is 9.59 Å². The minimum Gasteiger partial charge on any atom is -0.480 e. The topological polar surface area (TPSA) is 87.7 Å². The van der Waals surface area contributed by atoms with Crippen LogP contribution in [0.4, 0.5) is 4.79 Å². The Morgan fingerprint density at radius 2 is 2.05 bits per heavy atom. The van der Waals surface area contributed by atoms with Crippen molar-refractivity contribution >= 4 is 12.0 Å². The van der Waals surface area contributed by atoms with E-state index in [1.54, 1.807) is 0 Å². The van der Waals surface area contributed by atoms with Crippen molar-refractivity contribution in [3.63, 3.8) is 0 Å². The van der Waals surface area contributed by atoms with E-state index in [1.165, 1.54) is 0 Å². The number of nitrogens with one attached hydrogen (secondary N) is 2. The molecule has 0 bridgehead atoms. The molecule has 0 atom stereocenters. The molecule has 1 fully saturated rings. The van der Waals surface area contributed by atoms with Crippen molar-refractivity contribution in [2.45, 2.75) is 45.1 Å². The number of rotatable bonds is 8. The molecule has 6 heteroatoms. The molecular weight excluding hydrogens is 248 g/mol. The van der Waals surface area contributed by atoms with E-state index in [1.807, 2.05) is 0 Å². The van der Waals surface area contributed by atoms with Crippen molar-refractivity contribution in [1.82, 2.24) is 10.6 Å². The first-order chi connectivity index (χ1) is 8.96. The molecule has 2 amide bonds. The molecule has 1 saturated carbocycles. The normalized spacial score (nSPS) is 16.8. The van der Waals surface area contributed by atoms with E-state index in [0.29, 0.717) is 38.5 Å². The van der Waals surface area contributed by atoms with Crippen molar-refractivity contribution in [1.29, 1.82) is 0 Å². The van der Waals surface area contributed by atoms with Gasteiger partial charge in [0.05, 0.1) is 0 Å². The van der Waals surface area contributed by atoms with Crippen LogP contribution in [0.5, 0.6) is 0 Å². The lowest BCUT2D eigenvalue weighted by atomic mass is 9.77. The third-order valence-electron chi connectivity index (χ3n) is 3.17. The fourth-order valence-electron chi connectivity index (χ4n) is 1.88. The lowest BCUT2D eigenvalue weighted by molar-refractivity contribution is -0.148. The summed E-state index contributed by atoms with van der Waals surface area (Å²) in [5.41, 5.74) is -1.04. The molecule has 1 aliphatic carbocycles. The summed E-state index contributed by atoms with van der Waals surface area (Å²) in [6.45, 7) is 5.96. The summed E-state index contributed by atoms with van der Waals surface area (Å²) in [5.74, 6) is -0.445. The minimum absolute atomic E-state index is 0.411. The van der Waals surface area contributed by atoms with E-state index in [0.717, 1.165) is 12.8 Å². The van der Waals surface area contributed by atoms with Crippen molar-refractivity contribution in [2.75, 3.05) is 19.8 Å². The Bertz CT molecular complexity index is 314. The standard InChI is InChI=1S/C13H24N2O4/c1-10(2)9-19-8-4-7-14-12(18)15-13(11(16)17)5-3-6-13/h10H,3-9H2,1-2H3,(H,16,17)(H2,14,15,18). The smallest absolute Gasteiger partial charge is 0.329 e. The first-order valence-corrected chi connectivity index (χ1v) is 6.83. The van der Waals surface area contributed by atoms with Gasteiger partial charge in [-0.3, -0.25) is 0 Å². The number of carbonyl (C=O) groups is 2. The molecule has 19 heavy (non-hydrogen) atoms. The number of amides is 2. The average molecular weight is 272 g/mol. The molecule has 0 unspecified atom stereocenters. The van der Waals surface area contributed by atoms with Crippen LogP contribution in [-0.4, -0.2) is 42.4 Å². The Morgan fingerprint density at radius 3 is 2.53 bits per heavy atom. The lowest BCUT2D eigenvalue weighted by Gasteiger charge is -2.38. The largest absolute Gasteiger partial charge is 0.480 e. The van der Waals surface area contributed by atoms with E-state index >= 15 is 0 Å². The van der Waals surface area contributed by atoms with E-state index in [4.69, 9.17) is 9.84 Å². The number of hydrogen-bond acceptors (Lipinski definition) is 3. The van der Waals surface area contributed by atoms with Crippen LogP contribution < -0.4 is 10.6 Å². The van der Waals surface area contributed by atoms with Crippen LogP contribution in [0.15, 0.2) is 0 Å². The van der Waals surface area contributed by atoms with Crippen molar-refractivity contribution < 1.29 is 19.4 Å². The molecule has 0 aromatic carbocycles. The fraction of sp³-hybridized carbons (Fsp3) is 0.846. The van der Waals surface area contributed by atoms with Crippen LogP contribution in [0, 0.1) is 5.92 Å². The molecule has 0 radical (unpaired) electrons. The number of ether oxygens (including phenoxy) is 1. The molecule has 3 N–H and O–H groups in total. The van der Waals surface area contributed by atoms with Gasteiger partial charge in [0.1, 0.15) is 5.54 Å². The maximum absolute atomic E-state index is 11.6. The summed E-state index contributed by atoms with van der Waals surface area (Å²) < 4.78 is 5.38. The van der Waals surface area contributed by atoms with Crippen molar-refractivity contribution in [2.24, 2.45) is 5.92 Å². The van der Waals surface area contributed by atoms with Crippen LogP contribution in [0.25, 0.3) is 0 Å². The molecule has 0 aromatic rings. The number of hydrogen-bond donors (Lipinski definition) is 3. The number of carbonyl (C=O) groups excluding carboxylic acids is 1. The second-order valence-electron chi connectivity index (χ2n) is 5.44. The fourth-order valence-corrected chi connectivity index (χ4v) is 1.88. The Balaban J connectivity index is 2.10. The van der Waals surface area contributed by atoms with Gasteiger partial charge in [0.15, 0.2) is 0 Å². The molecule has 0 aromatic heterocycles. The summed E-state index contributed by atoms with van der Waals surface area (Å²) in [5, 5.41) is 14.3. The SMILES string of the molecule is CC(C)COCCCNC(=O)NC1(C(=O)O)CCC1. The third kappa shape index (κ3) is 5.06. The average Bonchev–Trinajstić information content (AvgIpc) is 2.27. The van der Waals surface area contributed by atoms with E-state index < -0.39 is 17.5 Å². The highest BCUT2D eigenvalue weighted by Crippen LogP contribution is 2.31. The zero-order valence-electron chi connectivity index (χ0n) is 11.7. The van der Waals surface area contributed by atoms with Crippen LogP contribution in [-0.2, 0) is 9.53 Å². The zero-order chi connectivity index (χ0) is 14.3. The van der Waals surface area contributed by atoms with Gasteiger partial charge in [0.2, 0.25) is 0 Å². The summed E-state index contributed by atoms with van der Waals surface area (Å²) in [7, 11) is 0. The van der Waals surface area contributed by atoms with Gasteiger partial charge >= 0.3 is 12.0 Å². The third-order valence-corrected chi connectivity index (χ3v) is 3.17. The van der Waals surface area contributed by atoms with Crippen molar-refractivity contribution in [3.05, 3.63) is 0 Å². The van der Waals surface area contributed by atoms with Crippen LogP contribution in [0.2, 0.25) is 0 Å². The van der Waals surface area contributed by atoms with Crippen LogP contribution in [0.1, 0.15) is 39.5 Å². The Morgan fingerprint density at radius 1 is 1.37 bits per heavy atom. The van der Waals surface area contributed by atoms with Gasteiger partial charge in [-0.05, 0) is 31.6 Å². The van der Waals surface area contributed by atoms with Crippen molar-refractivity contribution in [3.8, 4) is 0 Å². The number of aliphatic carboxylic acids is 1. The van der Waals surface area contributed by atoms with Gasteiger partial charge in [-0.15, -0.1) is 0 Å². The molecule has 1 aliphatic rings. The number of carboxylic acids is 1. The molecule has 0 heterocycles.